The topological polar surface area (TPSA) is 35.6 Å². The van der Waals surface area contributed by atoms with Crippen LogP contribution in [0.3, 0.4) is 0 Å². The molecule has 4 nitrogen and oxygen atoms in total. The van der Waals surface area contributed by atoms with Crippen LogP contribution in [0.25, 0.3) is 56.3 Å². The molecule has 0 aliphatic heterocycles. The number of fused-ring (bicyclic) bond motifs is 1. The Morgan fingerprint density at radius 1 is 0.500 bits per heavy atom. The molecule has 5 heteroatoms. The number of hydrogen-bond donors (Lipinski definition) is 0. The molecule has 0 atom stereocenters. The molecule has 0 unspecified atom stereocenters. The average molecular weight is 765 g/mol. The molecule has 8 aromatic rings. The van der Waals surface area contributed by atoms with Crippen LogP contribution in [-0.4, -0.2) is 19.1 Å². The number of hydrogen-bond acceptors (Lipinski definition) is 2. The summed E-state index contributed by atoms with van der Waals surface area (Å²) >= 11 is 0. The van der Waals surface area contributed by atoms with E-state index in [9.17, 15) is 4.39 Å². The molecule has 58 heavy (non-hydrogen) atoms. The number of nitrogens with zero attached hydrogens (tertiary/aromatic N) is 4. The van der Waals surface area contributed by atoms with E-state index in [2.05, 4.69) is 174 Å². The molecule has 0 spiro atoms. The van der Waals surface area contributed by atoms with Gasteiger partial charge in [-0.3, -0.25) is 9.13 Å². The first-order valence-electron chi connectivity index (χ1n) is 20.7. The zero-order chi connectivity index (χ0) is 40.7. The molecule has 8 rings (SSSR count). The van der Waals surface area contributed by atoms with Crippen molar-refractivity contribution in [2.75, 3.05) is 0 Å². The Kier molecular flexibility index (Phi) is 10.7. The number of rotatable bonds is 11. The zero-order valence-electron chi connectivity index (χ0n) is 35.0. The summed E-state index contributed by atoms with van der Waals surface area (Å²) in [5, 5.41) is 0. The maximum absolute atomic E-state index is 13.9. The molecule has 6 aromatic carbocycles. The molecule has 0 amide bonds. The highest BCUT2D eigenvalue weighted by molar-refractivity contribution is 5.88. The smallest absolute Gasteiger partial charge is 0.145 e. The van der Waals surface area contributed by atoms with Gasteiger partial charge in [-0.2, -0.15) is 0 Å². The van der Waals surface area contributed by atoms with Gasteiger partial charge in [0.1, 0.15) is 17.5 Å². The normalized spacial score (nSPS) is 11.9. The summed E-state index contributed by atoms with van der Waals surface area (Å²) in [5.41, 5.74) is 16.2. The van der Waals surface area contributed by atoms with Crippen LogP contribution in [0.4, 0.5) is 4.39 Å². The van der Waals surface area contributed by atoms with Gasteiger partial charge in [0.15, 0.2) is 0 Å². The van der Waals surface area contributed by atoms with Crippen LogP contribution in [0.15, 0.2) is 140 Å². The highest BCUT2D eigenvalue weighted by Crippen LogP contribution is 2.39. The van der Waals surface area contributed by atoms with Crippen molar-refractivity contribution in [1.82, 2.24) is 19.1 Å². The van der Waals surface area contributed by atoms with Gasteiger partial charge in [0.2, 0.25) is 0 Å². The number of benzene rings is 6. The van der Waals surface area contributed by atoms with Crippen molar-refractivity contribution in [2.24, 2.45) is 0 Å². The minimum Gasteiger partial charge on any atom is -0.299 e. The van der Waals surface area contributed by atoms with Crippen molar-refractivity contribution in [3.05, 3.63) is 179 Å². The summed E-state index contributed by atoms with van der Waals surface area (Å²) in [7, 11) is 0. The second-order valence-corrected chi connectivity index (χ2v) is 16.9. The van der Waals surface area contributed by atoms with E-state index in [0.717, 1.165) is 51.4 Å². The predicted molar refractivity (Wildman–Crippen MR) is 240 cm³/mol. The maximum Gasteiger partial charge on any atom is 0.145 e. The van der Waals surface area contributed by atoms with Gasteiger partial charge in [0.25, 0.3) is 0 Å². The molecule has 0 radical (unpaired) electrons. The van der Waals surface area contributed by atoms with Crippen molar-refractivity contribution in [1.29, 1.82) is 0 Å². The molecule has 0 N–H and O–H groups in total. The number of imidazole rings is 2. The lowest BCUT2D eigenvalue weighted by atomic mass is 9.92. The van der Waals surface area contributed by atoms with Gasteiger partial charge in [-0.15, -0.1) is 0 Å². The van der Waals surface area contributed by atoms with Gasteiger partial charge in [-0.25, -0.2) is 14.4 Å². The molecule has 2 heterocycles. The fraction of sp³-hybridized carbons (Fsp3) is 0.245. The summed E-state index contributed by atoms with van der Waals surface area (Å²) in [6.07, 6.45) is 4.79. The summed E-state index contributed by atoms with van der Waals surface area (Å²) in [4.78, 5) is 10.3. The Balaban J connectivity index is 1.22. The van der Waals surface area contributed by atoms with E-state index in [1.54, 1.807) is 0 Å². The van der Waals surface area contributed by atoms with Crippen LogP contribution in [0.5, 0.6) is 0 Å². The molecule has 292 valence electrons. The van der Waals surface area contributed by atoms with E-state index >= 15 is 0 Å². The van der Waals surface area contributed by atoms with E-state index in [0.29, 0.717) is 23.7 Å². The third kappa shape index (κ3) is 7.42. The van der Waals surface area contributed by atoms with Gasteiger partial charge >= 0.3 is 0 Å². The summed E-state index contributed by atoms with van der Waals surface area (Å²) in [6.45, 7) is 18.1. The standard InChI is InChI=1S/C53H53FN4/c1-33(2)44-17-11-18-45(34(3)4)50(44)57-28-27-55-52(57)41-15-9-13-37(30-41)29-38-14-10-16-42(31-38)53-56-48-32-40(39-21-24-43(54)25-22-39)23-26-49(48)58(53)51-46(35(5)6)19-12-20-47(51)36(7)8/h9-28,30-36H,29H2,1-8H3. The first-order valence-corrected chi connectivity index (χ1v) is 20.7. The zero-order valence-corrected chi connectivity index (χ0v) is 35.0. The van der Waals surface area contributed by atoms with Gasteiger partial charge in [0, 0.05) is 23.5 Å². The highest BCUT2D eigenvalue weighted by atomic mass is 19.1. The largest absolute Gasteiger partial charge is 0.299 e. The second kappa shape index (κ2) is 16.1. The Morgan fingerprint density at radius 3 is 1.55 bits per heavy atom. The van der Waals surface area contributed by atoms with Crippen molar-refractivity contribution >= 4 is 11.0 Å². The molecule has 0 fully saturated rings. The van der Waals surface area contributed by atoms with Crippen molar-refractivity contribution in [2.45, 2.75) is 85.5 Å². The summed E-state index contributed by atoms with van der Waals surface area (Å²) < 4.78 is 18.6. The third-order valence-electron chi connectivity index (χ3n) is 11.4. The third-order valence-corrected chi connectivity index (χ3v) is 11.4. The van der Waals surface area contributed by atoms with Gasteiger partial charge in [-0.1, -0.05) is 146 Å². The molecule has 0 bridgehead atoms. The summed E-state index contributed by atoms with van der Waals surface area (Å²) in [5.74, 6) is 2.98. The molecule has 0 aliphatic rings. The lowest BCUT2D eigenvalue weighted by Gasteiger charge is -2.22. The lowest BCUT2D eigenvalue weighted by Crippen LogP contribution is -2.08. The van der Waals surface area contributed by atoms with Crippen molar-refractivity contribution in [3.8, 4) is 45.3 Å². The van der Waals surface area contributed by atoms with Gasteiger partial charge in [-0.05, 0) is 111 Å². The van der Waals surface area contributed by atoms with Crippen LogP contribution in [0.2, 0.25) is 0 Å². The van der Waals surface area contributed by atoms with Gasteiger partial charge < -0.3 is 0 Å². The predicted octanol–water partition coefficient (Wildman–Crippen LogP) is 14.4. The van der Waals surface area contributed by atoms with Crippen LogP contribution >= 0.6 is 0 Å². The van der Waals surface area contributed by atoms with E-state index in [4.69, 9.17) is 9.97 Å². The Bertz CT molecular complexity index is 2670. The molecular weight excluding hydrogens is 712 g/mol. The second-order valence-electron chi connectivity index (χ2n) is 16.9. The van der Waals surface area contributed by atoms with Crippen LogP contribution in [0.1, 0.15) is 112 Å². The molecule has 2 aromatic heterocycles. The van der Waals surface area contributed by atoms with Crippen molar-refractivity contribution < 1.29 is 4.39 Å². The Hall–Kier alpha value is -6.07. The van der Waals surface area contributed by atoms with E-state index < -0.39 is 0 Å². The minimum atomic E-state index is -0.242. The fourth-order valence-electron chi connectivity index (χ4n) is 8.46. The highest BCUT2D eigenvalue weighted by Gasteiger charge is 2.23. The molecule has 0 saturated carbocycles. The number of halogens is 1. The minimum absolute atomic E-state index is 0.242. The van der Waals surface area contributed by atoms with Crippen molar-refractivity contribution in [3.63, 3.8) is 0 Å². The monoisotopic (exact) mass is 764 g/mol. The molecule has 0 saturated heterocycles. The van der Waals surface area contributed by atoms with Crippen LogP contribution < -0.4 is 0 Å². The Labute approximate surface area is 343 Å². The fourth-order valence-corrected chi connectivity index (χ4v) is 8.46. The van der Waals surface area contributed by atoms with Gasteiger partial charge in [0.05, 0.1) is 22.4 Å². The Morgan fingerprint density at radius 2 is 1.00 bits per heavy atom. The van der Waals surface area contributed by atoms with E-state index in [1.165, 1.54) is 56.9 Å². The van der Waals surface area contributed by atoms with E-state index in [1.807, 2.05) is 18.3 Å². The maximum atomic E-state index is 13.9. The van der Waals surface area contributed by atoms with Crippen LogP contribution in [-0.2, 0) is 6.42 Å². The number of aromatic nitrogens is 4. The quantitative estimate of drug-likeness (QED) is 0.131. The summed E-state index contributed by atoms with van der Waals surface area (Å²) in [6, 6.07) is 44.2. The van der Waals surface area contributed by atoms with Crippen LogP contribution in [0, 0.1) is 5.82 Å². The molecular formula is C53H53FN4. The average Bonchev–Trinajstić information content (AvgIpc) is 3.86. The molecule has 0 aliphatic carbocycles. The first kappa shape index (κ1) is 38.8. The number of para-hydroxylation sites is 2. The lowest BCUT2D eigenvalue weighted by molar-refractivity contribution is 0.628. The van der Waals surface area contributed by atoms with E-state index in [-0.39, 0.29) is 5.82 Å². The first-order chi connectivity index (χ1) is 28.0. The SMILES string of the molecule is CC(C)c1cccc(C(C)C)c1-n1ccnc1-c1cccc(Cc2cccc(-c3nc4cc(-c5ccc(F)cc5)ccc4n3-c3c(C(C)C)cccc3C(C)C)c2)c1.